The van der Waals surface area contributed by atoms with E-state index in [-0.39, 0.29) is 5.91 Å². The topological polar surface area (TPSA) is 51.2 Å². The van der Waals surface area contributed by atoms with Crippen LogP contribution in [0.4, 0.5) is 5.69 Å². The quantitative estimate of drug-likeness (QED) is 0.907. The third kappa shape index (κ3) is 1.81. The minimum atomic E-state index is 0.0623. The van der Waals surface area contributed by atoms with E-state index in [4.69, 9.17) is 4.74 Å². The summed E-state index contributed by atoms with van der Waals surface area (Å²) < 4.78 is 6.46. The summed E-state index contributed by atoms with van der Waals surface area (Å²) in [7, 11) is 0. The molecule has 0 saturated carbocycles. The van der Waals surface area contributed by atoms with Crippen LogP contribution in [-0.2, 0) is 22.6 Å². The van der Waals surface area contributed by atoms with Crippen molar-refractivity contribution in [3.8, 4) is 0 Å². The van der Waals surface area contributed by atoms with Gasteiger partial charge < -0.3 is 10.1 Å². The number of hydrogen-bond acceptors (Lipinski definition) is 4. The maximum atomic E-state index is 11.4. The predicted molar refractivity (Wildman–Crippen MR) is 67.3 cm³/mol. The summed E-state index contributed by atoms with van der Waals surface area (Å²) in [4.78, 5) is 15.9. The molecule has 3 rings (SSSR count). The Bertz CT molecular complexity index is 591. The van der Waals surface area contributed by atoms with Crippen molar-refractivity contribution in [2.24, 2.45) is 0 Å². The van der Waals surface area contributed by atoms with Crippen LogP contribution >= 0.6 is 11.3 Å². The number of anilines is 1. The minimum Gasteiger partial charge on any atom is -0.375 e. The van der Waals surface area contributed by atoms with Gasteiger partial charge in [0.15, 0.2) is 0 Å². The molecular formula is C12H12N2O2S. The second-order valence-electron chi connectivity index (χ2n) is 3.91. The second kappa shape index (κ2) is 4.09. The number of hydrogen-bond donors (Lipinski definition) is 1. The lowest BCUT2D eigenvalue weighted by atomic mass is 10.1. The molecule has 1 amide bonds. The van der Waals surface area contributed by atoms with Crippen molar-refractivity contribution in [1.82, 2.24) is 4.98 Å². The molecule has 0 bridgehead atoms. The molecule has 0 radical (unpaired) electrons. The van der Waals surface area contributed by atoms with E-state index in [1.807, 2.05) is 19.1 Å². The lowest BCUT2D eigenvalue weighted by Crippen LogP contribution is -2.03. The highest BCUT2D eigenvalue weighted by atomic mass is 32.1. The first-order chi connectivity index (χ1) is 8.28. The number of nitrogens with zero attached hydrogens (tertiary/aromatic N) is 1. The molecule has 1 N–H and O–H groups in total. The standard InChI is InChI=1S/C12H12N2O2S/c1-2-16-6-11-14-9-4-3-8-7(12(9)17-11)5-10(15)13-8/h3-4H,2,5-6H2,1H3,(H,13,15). The highest BCUT2D eigenvalue weighted by molar-refractivity contribution is 7.18. The summed E-state index contributed by atoms with van der Waals surface area (Å²) >= 11 is 1.62. The van der Waals surface area contributed by atoms with Crippen LogP contribution in [0.3, 0.4) is 0 Å². The maximum Gasteiger partial charge on any atom is 0.228 e. The molecule has 0 spiro atoms. The van der Waals surface area contributed by atoms with Crippen LogP contribution < -0.4 is 5.32 Å². The molecule has 5 heteroatoms. The zero-order valence-electron chi connectivity index (χ0n) is 9.45. The lowest BCUT2D eigenvalue weighted by molar-refractivity contribution is -0.115. The van der Waals surface area contributed by atoms with Crippen molar-refractivity contribution in [2.45, 2.75) is 20.0 Å². The van der Waals surface area contributed by atoms with Gasteiger partial charge in [0, 0.05) is 17.9 Å². The number of nitrogens with one attached hydrogen (secondary N) is 1. The van der Waals surface area contributed by atoms with Crippen molar-refractivity contribution in [1.29, 1.82) is 0 Å². The number of carbonyl (C=O) groups excluding carboxylic acids is 1. The Morgan fingerprint density at radius 3 is 3.24 bits per heavy atom. The third-order valence-corrected chi connectivity index (χ3v) is 3.85. The van der Waals surface area contributed by atoms with Crippen molar-refractivity contribution < 1.29 is 9.53 Å². The Hall–Kier alpha value is -1.46. The Kier molecular flexibility index (Phi) is 2.57. The first-order valence-electron chi connectivity index (χ1n) is 5.57. The van der Waals surface area contributed by atoms with Crippen LogP contribution in [0, 0.1) is 0 Å². The first-order valence-corrected chi connectivity index (χ1v) is 6.38. The van der Waals surface area contributed by atoms with Crippen LogP contribution in [-0.4, -0.2) is 17.5 Å². The third-order valence-electron chi connectivity index (χ3n) is 2.75. The highest BCUT2D eigenvalue weighted by Gasteiger charge is 2.21. The molecule has 1 aromatic carbocycles. The largest absolute Gasteiger partial charge is 0.375 e. The summed E-state index contributed by atoms with van der Waals surface area (Å²) in [6, 6.07) is 3.87. The number of thiazole rings is 1. The second-order valence-corrected chi connectivity index (χ2v) is 4.99. The van der Waals surface area contributed by atoms with E-state index in [1.165, 1.54) is 0 Å². The summed E-state index contributed by atoms with van der Waals surface area (Å²) in [5, 5.41) is 3.82. The van der Waals surface area contributed by atoms with Crippen LogP contribution in [0.25, 0.3) is 10.2 Å². The van der Waals surface area contributed by atoms with Crippen molar-refractivity contribution in [3.63, 3.8) is 0 Å². The van der Waals surface area contributed by atoms with Gasteiger partial charge in [-0.3, -0.25) is 4.79 Å². The Labute approximate surface area is 103 Å². The zero-order chi connectivity index (χ0) is 11.8. The minimum absolute atomic E-state index is 0.0623. The number of amides is 1. The van der Waals surface area contributed by atoms with Crippen LogP contribution in [0.15, 0.2) is 12.1 Å². The van der Waals surface area contributed by atoms with E-state index >= 15 is 0 Å². The number of ether oxygens (including phenoxy) is 1. The van der Waals surface area contributed by atoms with Gasteiger partial charge in [-0.15, -0.1) is 11.3 Å². The summed E-state index contributed by atoms with van der Waals surface area (Å²) in [5.41, 5.74) is 2.96. The lowest BCUT2D eigenvalue weighted by Gasteiger charge is -1.96. The van der Waals surface area contributed by atoms with Crippen molar-refractivity contribution in [2.75, 3.05) is 11.9 Å². The molecule has 88 valence electrons. The summed E-state index contributed by atoms with van der Waals surface area (Å²) in [5.74, 6) is 0.0623. The van der Waals surface area contributed by atoms with Gasteiger partial charge in [0.1, 0.15) is 5.01 Å². The van der Waals surface area contributed by atoms with Gasteiger partial charge in [-0.2, -0.15) is 0 Å². The fourth-order valence-corrected chi connectivity index (χ4v) is 3.04. The Morgan fingerprint density at radius 2 is 2.41 bits per heavy atom. The number of fused-ring (bicyclic) bond motifs is 3. The van der Waals surface area contributed by atoms with Gasteiger partial charge in [0.2, 0.25) is 5.91 Å². The van der Waals surface area contributed by atoms with Gasteiger partial charge in [-0.05, 0) is 19.1 Å². The molecule has 17 heavy (non-hydrogen) atoms. The molecular weight excluding hydrogens is 236 g/mol. The molecule has 0 aliphatic carbocycles. The van der Waals surface area contributed by atoms with Gasteiger partial charge >= 0.3 is 0 Å². The molecule has 2 heterocycles. The number of benzene rings is 1. The van der Waals surface area contributed by atoms with Gasteiger partial charge in [0.05, 0.1) is 23.2 Å². The molecule has 1 aliphatic rings. The van der Waals surface area contributed by atoms with Gasteiger partial charge in [-0.1, -0.05) is 0 Å². The monoisotopic (exact) mass is 248 g/mol. The van der Waals surface area contributed by atoms with Gasteiger partial charge in [-0.25, -0.2) is 4.98 Å². The van der Waals surface area contributed by atoms with E-state index in [9.17, 15) is 4.79 Å². The van der Waals surface area contributed by atoms with Crippen molar-refractivity contribution >= 4 is 33.1 Å². The highest BCUT2D eigenvalue weighted by Crippen LogP contribution is 2.34. The zero-order valence-corrected chi connectivity index (χ0v) is 10.3. The smallest absolute Gasteiger partial charge is 0.228 e. The molecule has 1 aromatic heterocycles. The SMILES string of the molecule is CCOCc1nc2ccc3c(c2s1)CC(=O)N3. The average Bonchev–Trinajstić information content (AvgIpc) is 2.87. The molecule has 2 aromatic rings. The van der Waals surface area contributed by atoms with E-state index in [2.05, 4.69) is 10.3 Å². The fourth-order valence-electron chi connectivity index (χ4n) is 1.99. The van der Waals surface area contributed by atoms with Crippen molar-refractivity contribution in [3.05, 3.63) is 22.7 Å². The molecule has 0 fully saturated rings. The first kappa shape index (κ1) is 10.7. The van der Waals surface area contributed by atoms with E-state index < -0.39 is 0 Å². The predicted octanol–water partition coefficient (Wildman–Crippen LogP) is 2.33. The maximum absolute atomic E-state index is 11.4. The van der Waals surface area contributed by atoms with Gasteiger partial charge in [0.25, 0.3) is 0 Å². The molecule has 0 saturated heterocycles. The van der Waals surface area contributed by atoms with E-state index in [1.54, 1.807) is 11.3 Å². The average molecular weight is 248 g/mol. The summed E-state index contributed by atoms with van der Waals surface area (Å²) in [6.45, 7) is 3.20. The fraction of sp³-hybridized carbons (Fsp3) is 0.333. The number of aromatic nitrogens is 1. The van der Waals surface area contributed by atoms with Crippen LogP contribution in [0.5, 0.6) is 0 Å². The molecule has 0 unspecified atom stereocenters. The van der Waals surface area contributed by atoms with Crippen LogP contribution in [0.1, 0.15) is 17.5 Å². The normalized spacial score (nSPS) is 14.1. The number of rotatable bonds is 3. The summed E-state index contributed by atoms with van der Waals surface area (Å²) in [6.07, 6.45) is 0.461. The Balaban J connectivity index is 2.05. The van der Waals surface area contributed by atoms with E-state index in [0.717, 1.165) is 26.5 Å². The molecule has 1 aliphatic heterocycles. The van der Waals surface area contributed by atoms with Crippen LogP contribution in [0.2, 0.25) is 0 Å². The molecule has 4 nitrogen and oxygen atoms in total. The Morgan fingerprint density at radius 1 is 1.53 bits per heavy atom. The number of carbonyl (C=O) groups is 1. The van der Waals surface area contributed by atoms with E-state index in [0.29, 0.717) is 19.6 Å². The molecule has 0 atom stereocenters.